The Morgan fingerprint density at radius 1 is 1.58 bits per heavy atom. The molecule has 0 bridgehead atoms. The summed E-state index contributed by atoms with van der Waals surface area (Å²) in [5.41, 5.74) is 7.13. The van der Waals surface area contributed by atoms with E-state index in [1.165, 1.54) is 12.8 Å². The lowest BCUT2D eigenvalue weighted by atomic mass is 10.1. The Bertz CT molecular complexity index is 440. The number of oxime groups is 1. The molecule has 1 fully saturated rings. The number of hydrogen-bond donors (Lipinski definition) is 3. The molecule has 1 aromatic rings. The smallest absolute Gasteiger partial charge is 0.188 e. The van der Waals surface area contributed by atoms with Gasteiger partial charge in [-0.05, 0) is 50.7 Å². The van der Waals surface area contributed by atoms with Crippen LogP contribution in [0.15, 0.2) is 23.5 Å². The molecule has 0 amide bonds. The number of nitrogens with two attached hydrogens (primary N) is 1. The fourth-order valence-corrected chi connectivity index (χ4v) is 2.25. The summed E-state index contributed by atoms with van der Waals surface area (Å²) in [6.45, 7) is 3.06. The summed E-state index contributed by atoms with van der Waals surface area (Å²) in [6, 6.07) is 4.35. The van der Waals surface area contributed by atoms with Crippen LogP contribution in [0.5, 0.6) is 0 Å². The van der Waals surface area contributed by atoms with Gasteiger partial charge in [0.15, 0.2) is 5.84 Å². The molecule has 104 valence electrons. The summed E-state index contributed by atoms with van der Waals surface area (Å²) in [5, 5.41) is 15.1. The van der Waals surface area contributed by atoms with E-state index in [9.17, 15) is 0 Å². The Kier molecular flexibility index (Phi) is 4.70. The maximum atomic E-state index is 8.64. The number of likely N-dealkylation sites (tertiary alicyclic amines) is 1. The van der Waals surface area contributed by atoms with Crippen molar-refractivity contribution in [1.82, 2.24) is 15.2 Å². The van der Waals surface area contributed by atoms with Gasteiger partial charge >= 0.3 is 0 Å². The number of amidine groups is 1. The molecule has 0 unspecified atom stereocenters. The zero-order valence-corrected chi connectivity index (χ0v) is 11.2. The van der Waals surface area contributed by atoms with Crippen LogP contribution in [0.2, 0.25) is 0 Å². The fraction of sp³-hybridized carbons (Fsp3) is 0.538. The first kappa shape index (κ1) is 13.8. The van der Waals surface area contributed by atoms with Crippen LogP contribution in [0.25, 0.3) is 0 Å². The standard InChI is InChI=1S/C13H21N5O/c1-18-6-3-11(4-7-18)16-9-10-2-5-15-12(8-10)13(14)17-19/h2,5,8,11,16,19H,3-4,6-7,9H2,1H3,(H2,14,17). The van der Waals surface area contributed by atoms with Crippen molar-refractivity contribution in [3.8, 4) is 0 Å². The molecule has 19 heavy (non-hydrogen) atoms. The van der Waals surface area contributed by atoms with Crippen LogP contribution in [-0.2, 0) is 6.54 Å². The van der Waals surface area contributed by atoms with Crippen LogP contribution in [-0.4, -0.2) is 47.1 Å². The molecular formula is C13H21N5O. The predicted molar refractivity (Wildman–Crippen MR) is 74.1 cm³/mol. The van der Waals surface area contributed by atoms with Crippen LogP contribution >= 0.6 is 0 Å². The Labute approximate surface area is 113 Å². The van der Waals surface area contributed by atoms with Gasteiger partial charge in [-0.3, -0.25) is 4.98 Å². The quantitative estimate of drug-likeness (QED) is 0.316. The fourth-order valence-electron chi connectivity index (χ4n) is 2.25. The maximum absolute atomic E-state index is 8.64. The van der Waals surface area contributed by atoms with E-state index in [0.29, 0.717) is 11.7 Å². The van der Waals surface area contributed by atoms with Crippen molar-refractivity contribution in [2.45, 2.75) is 25.4 Å². The molecule has 6 heteroatoms. The molecule has 1 aromatic heterocycles. The minimum atomic E-state index is 0.0427. The van der Waals surface area contributed by atoms with Gasteiger partial charge in [-0.15, -0.1) is 0 Å². The van der Waals surface area contributed by atoms with Crippen molar-refractivity contribution in [2.75, 3.05) is 20.1 Å². The van der Waals surface area contributed by atoms with Crippen molar-refractivity contribution in [3.05, 3.63) is 29.6 Å². The van der Waals surface area contributed by atoms with E-state index in [-0.39, 0.29) is 5.84 Å². The van der Waals surface area contributed by atoms with E-state index in [1.807, 2.05) is 12.1 Å². The van der Waals surface area contributed by atoms with Crippen molar-refractivity contribution in [3.63, 3.8) is 0 Å². The summed E-state index contributed by atoms with van der Waals surface area (Å²) in [5.74, 6) is 0.0427. The van der Waals surface area contributed by atoms with E-state index in [0.717, 1.165) is 25.2 Å². The molecule has 4 N–H and O–H groups in total. The molecule has 0 saturated carbocycles. The van der Waals surface area contributed by atoms with Gasteiger partial charge in [-0.2, -0.15) is 0 Å². The summed E-state index contributed by atoms with van der Waals surface area (Å²) < 4.78 is 0. The highest BCUT2D eigenvalue weighted by molar-refractivity contribution is 5.95. The summed E-state index contributed by atoms with van der Waals surface area (Å²) in [7, 11) is 2.16. The number of pyridine rings is 1. The van der Waals surface area contributed by atoms with E-state index in [4.69, 9.17) is 10.9 Å². The van der Waals surface area contributed by atoms with Crippen molar-refractivity contribution in [2.24, 2.45) is 10.9 Å². The summed E-state index contributed by atoms with van der Waals surface area (Å²) >= 11 is 0. The number of nitrogens with zero attached hydrogens (tertiary/aromatic N) is 3. The van der Waals surface area contributed by atoms with Gasteiger partial charge in [0.25, 0.3) is 0 Å². The molecule has 6 nitrogen and oxygen atoms in total. The first-order valence-corrected chi connectivity index (χ1v) is 6.54. The minimum absolute atomic E-state index is 0.0427. The molecule has 0 spiro atoms. The van der Waals surface area contributed by atoms with Crippen molar-refractivity contribution >= 4 is 5.84 Å². The third-order valence-corrected chi connectivity index (χ3v) is 3.51. The van der Waals surface area contributed by atoms with E-state index in [2.05, 4.69) is 27.4 Å². The Morgan fingerprint density at radius 2 is 2.32 bits per heavy atom. The minimum Gasteiger partial charge on any atom is -0.409 e. The van der Waals surface area contributed by atoms with Gasteiger partial charge in [-0.1, -0.05) is 5.16 Å². The lowest BCUT2D eigenvalue weighted by molar-refractivity contribution is 0.234. The number of hydrogen-bond acceptors (Lipinski definition) is 5. The topological polar surface area (TPSA) is 86.8 Å². The molecule has 1 saturated heterocycles. The number of rotatable bonds is 4. The van der Waals surface area contributed by atoms with Crippen LogP contribution < -0.4 is 11.1 Å². The van der Waals surface area contributed by atoms with Gasteiger partial charge in [0, 0.05) is 18.8 Å². The van der Waals surface area contributed by atoms with Gasteiger partial charge in [0.05, 0.1) is 0 Å². The van der Waals surface area contributed by atoms with Crippen molar-refractivity contribution in [1.29, 1.82) is 0 Å². The molecule has 0 aromatic carbocycles. The van der Waals surface area contributed by atoms with Gasteiger partial charge in [0.2, 0.25) is 0 Å². The van der Waals surface area contributed by atoms with Gasteiger partial charge in [-0.25, -0.2) is 0 Å². The highest BCUT2D eigenvalue weighted by atomic mass is 16.4. The van der Waals surface area contributed by atoms with Crippen LogP contribution in [0.3, 0.4) is 0 Å². The first-order chi connectivity index (χ1) is 9.19. The lowest BCUT2D eigenvalue weighted by Gasteiger charge is -2.29. The van der Waals surface area contributed by atoms with Crippen LogP contribution in [0.1, 0.15) is 24.1 Å². The maximum Gasteiger partial charge on any atom is 0.188 e. The normalized spacial score (nSPS) is 18.7. The molecular weight excluding hydrogens is 242 g/mol. The summed E-state index contributed by atoms with van der Waals surface area (Å²) in [6.07, 6.45) is 4.03. The second-order valence-electron chi connectivity index (χ2n) is 4.99. The van der Waals surface area contributed by atoms with Crippen molar-refractivity contribution < 1.29 is 5.21 Å². The van der Waals surface area contributed by atoms with Crippen LogP contribution in [0, 0.1) is 0 Å². The second-order valence-corrected chi connectivity index (χ2v) is 4.99. The highest BCUT2D eigenvalue weighted by Crippen LogP contribution is 2.09. The Morgan fingerprint density at radius 3 is 3.00 bits per heavy atom. The molecule has 1 aliphatic heterocycles. The lowest BCUT2D eigenvalue weighted by Crippen LogP contribution is -2.40. The van der Waals surface area contributed by atoms with Gasteiger partial charge in [0.1, 0.15) is 5.69 Å². The van der Waals surface area contributed by atoms with E-state index < -0.39 is 0 Å². The molecule has 2 rings (SSSR count). The third-order valence-electron chi connectivity index (χ3n) is 3.51. The first-order valence-electron chi connectivity index (χ1n) is 6.54. The molecule has 1 aliphatic rings. The number of piperidine rings is 1. The zero-order valence-electron chi connectivity index (χ0n) is 11.2. The van der Waals surface area contributed by atoms with E-state index >= 15 is 0 Å². The van der Waals surface area contributed by atoms with Crippen LogP contribution in [0.4, 0.5) is 0 Å². The predicted octanol–water partition coefficient (Wildman–Crippen LogP) is 0.360. The SMILES string of the molecule is CN1CCC(NCc2ccnc(C(N)=NO)c2)CC1. The average Bonchev–Trinajstić information content (AvgIpc) is 2.46. The Hall–Kier alpha value is -1.66. The molecule has 0 aliphatic carbocycles. The number of aromatic nitrogens is 1. The van der Waals surface area contributed by atoms with Gasteiger partial charge < -0.3 is 21.2 Å². The third kappa shape index (κ3) is 3.90. The molecule has 0 atom stereocenters. The number of nitrogens with one attached hydrogen (secondary N) is 1. The molecule has 2 heterocycles. The average molecular weight is 263 g/mol. The largest absolute Gasteiger partial charge is 0.409 e. The van der Waals surface area contributed by atoms with E-state index in [1.54, 1.807) is 6.20 Å². The Balaban J connectivity index is 1.89. The summed E-state index contributed by atoms with van der Waals surface area (Å²) in [4.78, 5) is 6.41. The second kappa shape index (κ2) is 6.49. The molecule has 0 radical (unpaired) electrons. The monoisotopic (exact) mass is 263 g/mol. The highest BCUT2D eigenvalue weighted by Gasteiger charge is 2.15. The zero-order chi connectivity index (χ0) is 13.7.